The summed E-state index contributed by atoms with van der Waals surface area (Å²) in [5.74, 6) is 2.01. The highest BCUT2D eigenvalue weighted by Crippen LogP contribution is 2.36. The number of nitrogens with zero attached hydrogens (tertiary/aromatic N) is 3. The van der Waals surface area contributed by atoms with Gasteiger partial charge < -0.3 is 14.2 Å². The topological polar surface area (TPSA) is 73.8 Å². The SMILES string of the molecule is CCOc1cccc2sc(N(Cc3cccnc3)C(=O)Cc3ccc4c(c3)OCO4)nc12. The molecule has 1 aliphatic heterocycles. The van der Waals surface area contributed by atoms with Crippen molar-refractivity contribution in [2.75, 3.05) is 18.3 Å². The third kappa shape index (κ3) is 4.09. The van der Waals surface area contributed by atoms with Gasteiger partial charge in [-0.15, -0.1) is 0 Å². The van der Waals surface area contributed by atoms with Crippen LogP contribution in [0.1, 0.15) is 18.1 Å². The smallest absolute Gasteiger partial charge is 0.233 e. The zero-order valence-electron chi connectivity index (χ0n) is 17.5. The van der Waals surface area contributed by atoms with Gasteiger partial charge in [0, 0.05) is 12.4 Å². The maximum Gasteiger partial charge on any atom is 0.233 e. The quantitative estimate of drug-likeness (QED) is 0.412. The van der Waals surface area contributed by atoms with Gasteiger partial charge in [-0.25, -0.2) is 4.98 Å². The number of fused-ring (bicyclic) bond motifs is 2. The fourth-order valence-electron chi connectivity index (χ4n) is 3.56. The number of rotatable bonds is 7. The number of aromatic nitrogens is 2. The maximum absolute atomic E-state index is 13.5. The van der Waals surface area contributed by atoms with E-state index in [4.69, 9.17) is 19.2 Å². The first-order valence-corrected chi connectivity index (χ1v) is 11.1. The number of ether oxygens (including phenoxy) is 3. The van der Waals surface area contributed by atoms with E-state index < -0.39 is 0 Å². The molecule has 0 spiro atoms. The maximum atomic E-state index is 13.5. The van der Waals surface area contributed by atoms with Crippen molar-refractivity contribution < 1.29 is 19.0 Å². The van der Waals surface area contributed by atoms with Gasteiger partial charge in [-0.05, 0) is 48.4 Å². The average Bonchev–Trinajstić information content (AvgIpc) is 3.45. The fourth-order valence-corrected chi connectivity index (χ4v) is 4.56. The first kappa shape index (κ1) is 20.3. The minimum Gasteiger partial charge on any atom is -0.492 e. The lowest BCUT2D eigenvalue weighted by Crippen LogP contribution is -2.31. The van der Waals surface area contributed by atoms with Crippen LogP contribution in [-0.2, 0) is 17.8 Å². The van der Waals surface area contributed by atoms with Crippen LogP contribution in [0.3, 0.4) is 0 Å². The number of hydrogen-bond donors (Lipinski definition) is 0. The summed E-state index contributed by atoms with van der Waals surface area (Å²) in [6, 6.07) is 15.2. The van der Waals surface area contributed by atoms with E-state index in [2.05, 4.69) is 4.98 Å². The fraction of sp³-hybridized carbons (Fsp3) is 0.208. The second-order valence-corrected chi connectivity index (χ2v) is 8.25. The number of benzene rings is 2. The Labute approximate surface area is 189 Å². The molecule has 0 N–H and O–H groups in total. The molecule has 0 atom stereocenters. The third-order valence-electron chi connectivity index (χ3n) is 5.06. The Kier molecular flexibility index (Phi) is 5.60. The second kappa shape index (κ2) is 8.84. The molecular formula is C24H21N3O4S. The van der Waals surface area contributed by atoms with Crippen molar-refractivity contribution in [1.82, 2.24) is 9.97 Å². The summed E-state index contributed by atoms with van der Waals surface area (Å²) < 4.78 is 17.5. The summed E-state index contributed by atoms with van der Waals surface area (Å²) in [6.45, 7) is 3.07. The number of amides is 1. The molecule has 0 bridgehead atoms. The molecule has 7 nitrogen and oxygen atoms in total. The van der Waals surface area contributed by atoms with E-state index in [0.717, 1.165) is 27.1 Å². The van der Waals surface area contributed by atoms with Gasteiger partial charge in [0.2, 0.25) is 12.7 Å². The molecule has 32 heavy (non-hydrogen) atoms. The van der Waals surface area contributed by atoms with E-state index in [9.17, 15) is 4.79 Å². The van der Waals surface area contributed by atoms with Crippen LogP contribution in [0.25, 0.3) is 10.2 Å². The lowest BCUT2D eigenvalue weighted by molar-refractivity contribution is -0.118. The van der Waals surface area contributed by atoms with Gasteiger partial charge in [0.1, 0.15) is 11.3 Å². The van der Waals surface area contributed by atoms with Crippen molar-refractivity contribution in [3.63, 3.8) is 0 Å². The largest absolute Gasteiger partial charge is 0.492 e. The van der Waals surface area contributed by atoms with Gasteiger partial charge in [-0.1, -0.05) is 29.5 Å². The van der Waals surface area contributed by atoms with Crippen molar-refractivity contribution in [2.45, 2.75) is 19.9 Å². The number of thiazole rings is 1. The molecule has 0 saturated heterocycles. The Morgan fingerprint density at radius 1 is 1.12 bits per heavy atom. The molecule has 0 saturated carbocycles. The van der Waals surface area contributed by atoms with Gasteiger partial charge in [0.25, 0.3) is 0 Å². The van der Waals surface area contributed by atoms with Gasteiger partial charge in [0.05, 0.1) is 24.3 Å². The van der Waals surface area contributed by atoms with Gasteiger partial charge in [-0.2, -0.15) is 0 Å². The highest BCUT2D eigenvalue weighted by molar-refractivity contribution is 7.22. The van der Waals surface area contributed by atoms with Crippen LogP contribution in [0.4, 0.5) is 5.13 Å². The van der Waals surface area contributed by atoms with E-state index >= 15 is 0 Å². The molecule has 2 aromatic carbocycles. The van der Waals surface area contributed by atoms with Crippen LogP contribution < -0.4 is 19.1 Å². The Hall–Kier alpha value is -3.65. The minimum atomic E-state index is -0.0651. The lowest BCUT2D eigenvalue weighted by atomic mass is 10.1. The van der Waals surface area contributed by atoms with Crippen molar-refractivity contribution in [1.29, 1.82) is 0 Å². The monoisotopic (exact) mass is 447 g/mol. The van der Waals surface area contributed by atoms with Crippen molar-refractivity contribution in [3.05, 3.63) is 72.1 Å². The number of carbonyl (C=O) groups excluding carboxylic acids is 1. The summed E-state index contributed by atoms with van der Waals surface area (Å²) in [7, 11) is 0. The summed E-state index contributed by atoms with van der Waals surface area (Å²) >= 11 is 1.47. The van der Waals surface area contributed by atoms with Crippen LogP contribution in [0.2, 0.25) is 0 Å². The number of hydrogen-bond acceptors (Lipinski definition) is 7. The number of anilines is 1. The van der Waals surface area contributed by atoms with Crippen LogP contribution >= 0.6 is 11.3 Å². The molecule has 8 heteroatoms. The third-order valence-corrected chi connectivity index (χ3v) is 6.10. The van der Waals surface area contributed by atoms with Gasteiger partial charge >= 0.3 is 0 Å². The molecular weight excluding hydrogens is 426 g/mol. The van der Waals surface area contributed by atoms with Gasteiger partial charge in [-0.3, -0.25) is 14.7 Å². The highest BCUT2D eigenvalue weighted by Gasteiger charge is 2.23. The molecule has 0 fully saturated rings. The minimum absolute atomic E-state index is 0.0651. The second-order valence-electron chi connectivity index (χ2n) is 7.24. The number of para-hydroxylation sites is 1. The van der Waals surface area contributed by atoms with E-state index in [0.29, 0.717) is 29.8 Å². The average molecular weight is 448 g/mol. The van der Waals surface area contributed by atoms with E-state index in [1.54, 1.807) is 17.3 Å². The number of carbonyl (C=O) groups is 1. The first-order valence-electron chi connectivity index (χ1n) is 10.3. The summed E-state index contributed by atoms with van der Waals surface area (Å²) in [5.41, 5.74) is 2.55. The zero-order valence-corrected chi connectivity index (χ0v) is 18.3. The Bertz CT molecular complexity index is 1260. The van der Waals surface area contributed by atoms with Crippen molar-refractivity contribution in [3.8, 4) is 17.2 Å². The van der Waals surface area contributed by atoms with Gasteiger partial charge in [0.15, 0.2) is 16.6 Å². The molecule has 1 amide bonds. The number of pyridine rings is 1. The van der Waals surface area contributed by atoms with E-state index in [1.165, 1.54) is 11.3 Å². The van der Waals surface area contributed by atoms with E-state index in [1.807, 2.05) is 55.5 Å². The molecule has 0 radical (unpaired) electrons. The Morgan fingerprint density at radius 3 is 2.88 bits per heavy atom. The van der Waals surface area contributed by atoms with Crippen LogP contribution in [0.5, 0.6) is 17.2 Å². The normalized spacial score (nSPS) is 12.2. The summed E-state index contributed by atoms with van der Waals surface area (Å²) in [6.07, 6.45) is 3.69. The van der Waals surface area contributed by atoms with Crippen molar-refractivity contribution >= 4 is 32.6 Å². The molecule has 0 unspecified atom stereocenters. The molecule has 5 rings (SSSR count). The summed E-state index contributed by atoms with van der Waals surface area (Å²) in [5, 5.41) is 0.627. The Balaban J connectivity index is 1.48. The molecule has 1 aliphatic rings. The first-order chi connectivity index (χ1) is 15.7. The molecule has 162 valence electrons. The molecule has 2 aromatic heterocycles. The van der Waals surface area contributed by atoms with Crippen LogP contribution in [-0.4, -0.2) is 29.3 Å². The molecule has 0 aliphatic carbocycles. The molecule has 4 aromatic rings. The lowest BCUT2D eigenvalue weighted by Gasteiger charge is -2.20. The predicted octanol–water partition coefficient (Wildman–Crippen LogP) is 4.59. The van der Waals surface area contributed by atoms with Crippen LogP contribution in [0, 0.1) is 0 Å². The van der Waals surface area contributed by atoms with Crippen molar-refractivity contribution in [2.24, 2.45) is 0 Å². The standard InChI is InChI=1S/C24H21N3O4S/c1-2-29-19-6-3-7-21-23(19)26-24(32-21)27(14-17-5-4-10-25-13-17)22(28)12-16-8-9-18-20(11-16)31-15-30-18/h3-11,13H,2,12,14-15H2,1H3. The molecule has 3 heterocycles. The zero-order chi connectivity index (χ0) is 21.9. The Morgan fingerprint density at radius 2 is 2.03 bits per heavy atom. The van der Waals surface area contributed by atoms with E-state index in [-0.39, 0.29) is 19.1 Å². The van der Waals surface area contributed by atoms with Crippen LogP contribution in [0.15, 0.2) is 60.9 Å². The predicted molar refractivity (Wildman–Crippen MR) is 122 cm³/mol. The highest BCUT2D eigenvalue weighted by atomic mass is 32.1. The summed E-state index contributed by atoms with van der Waals surface area (Å²) in [4.78, 5) is 24.2.